The number of aromatic amines is 1. The average molecular weight is 194 g/mol. The normalized spacial score (nSPS) is 20.5. The van der Waals surface area contributed by atoms with Crippen molar-refractivity contribution in [1.82, 2.24) is 10.2 Å². The number of aromatic nitrogens is 2. The predicted molar refractivity (Wildman–Crippen MR) is 51.4 cm³/mol. The Hall–Kier alpha value is -1.32. The predicted octanol–water partition coefficient (Wildman–Crippen LogP) is 1.62. The number of aromatic carboxylic acids is 1. The van der Waals surface area contributed by atoms with Gasteiger partial charge in [0.15, 0.2) is 5.69 Å². The van der Waals surface area contributed by atoms with Crippen molar-refractivity contribution < 1.29 is 9.90 Å². The van der Waals surface area contributed by atoms with Gasteiger partial charge in [-0.05, 0) is 25.2 Å². The van der Waals surface area contributed by atoms with Crippen molar-refractivity contribution in [2.45, 2.75) is 32.6 Å². The van der Waals surface area contributed by atoms with Crippen LogP contribution in [-0.2, 0) is 12.8 Å². The summed E-state index contributed by atoms with van der Waals surface area (Å²) in [6.07, 6.45) is 4.06. The number of carboxylic acids is 1. The number of carboxylic acid groups (broad SMARTS) is 1. The van der Waals surface area contributed by atoms with Crippen molar-refractivity contribution in [2.24, 2.45) is 5.92 Å². The first-order valence-electron chi connectivity index (χ1n) is 5.01. The van der Waals surface area contributed by atoms with E-state index in [9.17, 15) is 4.79 Å². The Balaban J connectivity index is 2.32. The van der Waals surface area contributed by atoms with Crippen LogP contribution in [0.4, 0.5) is 0 Å². The van der Waals surface area contributed by atoms with E-state index in [1.165, 1.54) is 0 Å². The summed E-state index contributed by atoms with van der Waals surface area (Å²) in [5, 5.41) is 15.6. The molecule has 4 heteroatoms. The molecule has 0 fully saturated rings. The molecule has 76 valence electrons. The molecular formula is C10H14N2O2. The van der Waals surface area contributed by atoms with E-state index in [-0.39, 0.29) is 5.69 Å². The van der Waals surface area contributed by atoms with Crippen LogP contribution in [0.25, 0.3) is 0 Å². The number of hydrogen-bond donors (Lipinski definition) is 2. The third-order valence-electron chi connectivity index (χ3n) is 3.03. The summed E-state index contributed by atoms with van der Waals surface area (Å²) in [7, 11) is 0. The molecule has 1 atom stereocenters. The highest BCUT2D eigenvalue weighted by Crippen LogP contribution is 2.28. The minimum atomic E-state index is -0.917. The molecule has 0 saturated heterocycles. The molecule has 1 heterocycles. The molecule has 1 aromatic rings. The number of H-pyrrole nitrogens is 1. The van der Waals surface area contributed by atoms with Crippen LogP contribution < -0.4 is 0 Å². The Bertz CT molecular complexity index is 357. The SMILES string of the molecule is CC[C@H]1CCc2[nH]nc(C(=O)O)c2C1. The lowest BCUT2D eigenvalue weighted by Gasteiger charge is -2.20. The Morgan fingerprint density at radius 1 is 1.71 bits per heavy atom. The van der Waals surface area contributed by atoms with Gasteiger partial charge in [-0.25, -0.2) is 4.79 Å². The van der Waals surface area contributed by atoms with Crippen LogP contribution in [0.3, 0.4) is 0 Å². The molecule has 0 radical (unpaired) electrons. The minimum Gasteiger partial charge on any atom is -0.476 e. The standard InChI is InChI=1S/C10H14N2O2/c1-2-6-3-4-8-7(5-6)9(10(13)14)12-11-8/h6H,2-5H2,1H3,(H,11,12)(H,13,14)/t6-/m0/s1. The molecule has 0 amide bonds. The minimum absolute atomic E-state index is 0.221. The van der Waals surface area contributed by atoms with Gasteiger partial charge in [0.25, 0.3) is 0 Å². The summed E-state index contributed by atoms with van der Waals surface area (Å²) in [6.45, 7) is 2.15. The Morgan fingerprint density at radius 3 is 3.14 bits per heavy atom. The first-order chi connectivity index (χ1) is 6.72. The van der Waals surface area contributed by atoms with Crippen molar-refractivity contribution in [3.63, 3.8) is 0 Å². The Morgan fingerprint density at radius 2 is 2.50 bits per heavy atom. The summed E-state index contributed by atoms with van der Waals surface area (Å²) in [4.78, 5) is 10.8. The fourth-order valence-electron chi connectivity index (χ4n) is 2.09. The first kappa shape index (κ1) is 9.24. The largest absolute Gasteiger partial charge is 0.476 e. The van der Waals surface area contributed by atoms with E-state index in [4.69, 9.17) is 5.11 Å². The van der Waals surface area contributed by atoms with E-state index in [0.717, 1.165) is 36.9 Å². The molecule has 0 unspecified atom stereocenters. The van der Waals surface area contributed by atoms with Crippen LogP contribution >= 0.6 is 0 Å². The highest BCUT2D eigenvalue weighted by Gasteiger charge is 2.25. The van der Waals surface area contributed by atoms with Gasteiger partial charge in [-0.15, -0.1) is 0 Å². The van der Waals surface area contributed by atoms with E-state index in [1.807, 2.05) is 0 Å². The maximum Gasteiger partial charge on any atom is 0.356 e. The summed E-state index contributed by atoms with van der Waals surface area (Å²) < 4.78 is 0. The zero-order valence-corrected chi connectivity index (χ0v) is 8.21. The van der Waals surface area contributed by atoms with Gasteiger partial charge in [-0.3, -0.25) is 5.10 Å². The molecular weight excluding hydrogens is 180 g/mol. The van der Waals surface area contributed by atoms with E-state index < -0.39 is 5.97 Å². The van der Waals surface area contributed by atoms with E-state index in [1.54, 1.807) is 0 Å². The lowest BCUT2D eigenvalue weighted by atomic mass is 9.85. The number of fused-ring (bicyclic) bond motifs is 1. The molecule has 4 nitrogen and oxygen atoms in total. The first-order valence-corrected chi connectivity index (χ1v) is 5.01. The van der Waals surface area contributed by atoms with Gasteiger partial charge in [0, 0.05) is 11.3 Å². The lowest BCUT2D eigenvalue weighted by Crippen LogP contribution is -2.15. The van der Waals surface area contributed by atoms with E-state index in [0.29, 0.717) is 5.92 Å². The number of carbonyl (C=O) groups is 1. The molecule has 1 aromatic heterocycles. The fraction of sp³-hybridized carbons (Fsp3) is 0.600. The highest BCUT2D eigenvalue weighted by molar-refractivity contribution is 5.87. The van der Waals surface area contributed by atoms with Gasteiger partial charge in [-0.1, -0.05) is 13.3 Å². The molecule has 1 aliphatic rings. The molecule has 0 aromatic carbocycles. The van der Waals surface area contributed by atoms with Crippen molar-refractivity contribution >= 4 is 5.97 Å². The molecule has 1 aliphatic carbocycles. The van der Waals surface area contributed by atoms with Crippen molar-refractivity contribution in [1.29, 1.82) is 0 Å². The quantitative estimate of drug-likeness (QED) is 0.751. The zero-order chi connectivity index (χ0) is 10.1. The zero-order valence-electron chi connectivity index (χ0n) is 8.21. The molecule has 0 spiro atoms. The Kier molecular flexibility index (Phi) is 2.27. The van der Waals surface area contributed by atoms with Gasteiger partial charge in [0.05, 0.1) is 0 Å². The van der Waals surface area contributed by atoms with Crippen LogP contribution in [0.5, 0.6) is 0 Å². The van der Waals surface area contributed by atoms with Gasteiger partial charge in [0.1, 0.15) is 0 Å². The summed E-state index contributed by atoms with van der Waals surface area (Å²) in [5.41, 5.74) is 2.17. The molecule has 2 rings (SSSR count). The molecule has 14 heavy (non-hydrogen) atoms. The fourth-order valence-corrected chi connectivity index (χ4v) is 2.09. The smallest absolute Gasteiger partial charge is 0.356 e. The number of nitrogens with one attached hydrogen (secondary N) is 1. The van der Waals surface area contributed by atoms with Gasteiger partial charge < -0.3 is 5.11 Å². The second-order valence-corrected chi connectivity index (χ2v) is 3.85. The van der Waals surface area contributed by atoms with E-state index >= 15 is 0 Å². The number of aryl methyl sites for hydroxylation is 1. The monoisotopic (exact) mass is 194 g/mol. The molecule has 0 bridgehead atoms. The van der Waals surface area contributed by atoms with Crippen molar-refractivity contribution in [2.75, 3.05) is 0 Å². The lowest BCUT2D eigenvalue weighted by molar-refractivity contribution is 0.0689. The highest BCUT2D eigenvalue weighted by atomic mass is 16.4. The molecule has 0 aliphatic heterocycles. The van der Waals surface area contributed by atoms with Gasteiger partial charge in [0.2, 0.25) is 0 Å². The second kappa shape index (κ2) is 3.44. The van der Waals surface area contributed by atoms with Crippen LogP contribution in [0.15, 0.2) is 0 Å². The summed E-state index contributed by atoms with van der Waals surface area (Å²) in [5.74, 6) is -0.294. The van der Waals surface area contributed by atoms with Gasteiger partial charge in [-0.2, -0.15) is 5.10 Å². The topological polar surface area (TPSA) is 66.0 Å². The maximum absolute atomic E-state index is 10.8. The van der Waals surface area contributed by atoms with Crippen LogP contribution in [-0.4, -0.2) is 21.3 Å². The number of rotatable bonds is 2. The summed E-state index contributed by atoms with van der Waals surface area (Å²) in [6, 6.07) is 0. The summed E-state index contributed by atoms with van der Waals surface area (Å²) >= 11 is 0. The number of nitrogens with zero attached hydrogens (tertiary/aromatic N) is 1. The average Bonchev–Trinajstić information content (AvgIpc) is 2.59. The number of hydrogen-bond acceptors (Lipinski definition) is 2. The molecule has 2 N–H and O–H groups in total. The third-order valence-corrected chi connectivity index (χ3v) is 3.03. The maximum atomic E-state index is 10.8. The van der Waals surface area contributed by atoms with Crippen LogP contribution in [0.1, 0.15) is 41.5 Å². The third kappa shape index (κ3) is 1.41. The Labute approximate surface area is 82.3 Å². The van der Waals surface area contributed by atoms with Crippen molar-refractivity contribution in [3.8, 4) is 0 Å². The van der Waals surface area contributed by atoms with Gasteiger partial charge >= 0.3 is 5.97 Å². The molecule has 0 saturated carbocycles. The van der Waals surface area contributed by atoms with Crippen LogP contribution in [0, 0.1) is 5.92 Å². The van der Waals surface area contributed by atoms with Crippen LogP contribution in [0.2, 0.25) is 0 Å². The van der Waals surface area contributed by atoms with E-state index in [2.05, 4.69) is 17.1 Å². The second-order valence-electron chi connectivity index (χ2n) is 3.85. The van der Waals surface area contributed by atoms with Crippen molar-refractivity contribution in [3.05, 3.63) is 17.0 Å².